The van der Waals surface area contributed by atoms with Crippen LogP contribution in [0.15, 0.2) is 24.3 Å². The van der Waals surface area contributed by atoms with Crippen LogP contribution in [0.5, 0.6) is 0 Å². The van der Waals surface area contributed by atoms with Gasteiger partial charge in [-0.15, -0.1) is 37.2 Å². The number of nitrogens with zero attached hydrogens (tertiary/aromatic N) is 3. The van der Waals surface area contributed by atoms with Crippen molar-refractivity contribution in [3.63, 3.8) is 0 Å². The number of anilines is 4. The van der Waals surface area contributed by atoms with Crippen LogP contribution in [0.1, 0.15) is 30.9 Å². The molecule has 28 heavy (non-hydrogen) atoms. The standard InChI is InChI=1S/C17H21ClN6.3ClH.H2O/c18-12-6-4-11(5-7-12)13-10-20-15-14(21-13)16(23-17(19)22-15)24-8-2-1-3-9-24;;;;/h4-7,13,21H,1-3,8-10H2,(H3,19,20,22,23);3*1H;1H2. The number of hydrogen-bond donors (Lipinski definition) is 3. The summed E-state index contributed by atoms with van der Waals surface area (Å²) < 4.78 is 0. The molecule has 6 N–H and O–H groups in total. The summed E-state index contributed by atoms with van der Waals surface area (Å²) in [6.45, 7) is 2.76. The molecule has 0 radical (unpaired) electrons. The fourth-order valence-corrected chi connectivity index (χ4v) is 3.51. The first kappa shape index (κ1) is 26.6. The zero-order valence-corrected chi connectivity index (χ0v) is 18.4. The average molecular weight is 472 g/mol. The number of nitrogens with two attached hydrogens (primary N) is 1. The van der Waals surface area contributed by atoms with Crippen LogP contribution < -0.4 is 21.3 Å². The van der Waals surface area contributed by atoms with E-state index in [0.29, 0.717) is 5.95 Å². The number of benzene rings is 1. The molecular weight excluding hydrogens is 446 g/mol. The quantitative estimate of drug-likeness (QED) is 0.615. The number of aromatic nitrogens is 2. The van der Waals surface area contributed by atoms with Crippen LogP contribution in [0.4, 0.5) is 23.3 Å². The molecule has 0 bridgehead atoms. The summed E-state index contributed by atoms with van der Waals surface area (Å²) in [4.78, 5) is 11.2. The summed E-state index contributed by atoms with van der Waals surface area (Å²) in [6.07, 6.45) is 3.65. The van der Waals surface area contributed by atoms with E-state index in [0.717, 1.165) is 42.0 Å². The lowest BCUT2D eigenvalue weighted by Crippen LogP contribution is -2.34. The summed E-state index contributed by atoms with van der Waals surface area (Å²) in [7, 11) is 0. The largest absolute Gasteiger partial charge is 0.412 e. The van der Waals surface area contributed by atoms with Crippen LogP contribution in [0, 0.1) is 0 Å². The number of piperidine rings is 1. The summed E-state index contributed by atoms with van der Waals surface area (Å²) in [5, 5.41) is 7.73. The van der Waals surface area contributed by atoms with Gasteiger partial charge in [-0.05, 0) is 37.0 Å². The second-order valence-electron chi connectivity index (χ2n) is 6.31. The Balaban J connectivity index is 0.00000182. The van der Waals surface area contributed by atoms with E-state index in [9.17, 15) is 0 Å². The van der Waals surface area contributed by atoms with E-state index >= 15 is 0 Å². The van der Waals surface area contributed by atoms with Crippen molar-refractivity contribution in [3.8, 4) is 0 Å². The Morgan fingerprint density at radius 3 is 2.29 bits per heavy atom. The summed E-state index contributed by atoms with van der Waals surface area (Å²) in [6, 6.07) is 8.07. The molecule has 7 nitrogen and oxygen atoms in total. The maximum atomic E-state index is 6.00. The van der Waals surface area contributed by atoms with E-state index in [1.165, 1.54) is 24.8 Å². The normalized spacial score (nSPS) is 17.2. The van der Waals surface area contributed by atoms with Crippen LogP contribution in [0.2, 0.25) is 5.02 Å². The number of hydrogen-bond acceptors (Lipinski definition) is 6. The van der Waals surface area contributed by atoms with Crippen LogP contribution in [0.25, 0.3) is 0 Å². The number of fused-ring (bicyclic) bond motifs is 1. The average Bonchev–Trinajstić information content (AvgIpc) is 2.62. The molecule has 1 atom stereocenters. The monoisotopic (exact) mass is 470 g/mol. The van der Waals surface area contributed by atoms with Crippen molar-refractivity contribution in [3.05, 3.63) is 34.9 Å². The molecular formula is C17H26Cl4N6O. The Bertz CT molecular complexity index is 743. The highest BCUT2D eigenvalue weighted by Gasteiger charge is 2.27. The van der Waals surface area contributed by atoms with E-state index in [1.807, 2.05) is 24.3 Å². The third-order valence-electron chi connectivity index (χ3n) is 4.63. The molecule has 2 aliphatic heterocycles. The number of rotatable bonds is 2. The van der Waals surface area contributed by atoms with Gasteiger partial charge in [-0.2, -0.15) is 9.97 Å². The molecule has 1 aromatic heterocycles. The smallest absolute Gasteiger partial charge is 0.224 e. The van der Waals surface area contributed by atoms with Crippen LogP contribution in [-0.4, -0.2) is 35.1 Å². The molecule has 3 heterocycles. The Morgan fingerprint density at radius 2 is 1.64 bits per heavy atom. The van der Waals surface area contributed by atoms with E-state index < -0.39 is 0 Å². The molecule has 0 amide bonds. The number of nitrogen functional groups attached to an aromatic ring is 1. The lowest BCUT2D eigenvalue weighted by atomic mass is 10.0. The van der Waals surface area contributed by atoms with Gasteiger partial charge in [-0.25, -0.2) is 0 Å². The third-order valence-corrected chi connectivity index (χ3v) is 4.88. The minimum absolute atomic E-state index is 0. The van der Waals surface area contributed by atoms with Crippen molar-refractivity contribution in [2.45, 2.75) is 25.3 Å². The molecule has 2 aromatic rings. The first-order valence-electron chi connectivity index (χ1n) is 8.39. The Hall–Kier alpha value is -1.38. The summed E-state index contributed by atoms with van der Waals surface area (Å²) >= 11 is 6.00. The molecule has 1 unspecified atom stereocenters. The highest BCUT2D eigenvalue weighted by Crippen LogP contribution is 2.38. The Kier molecular flexibility index (Phi) is 11.0. The molecule has 2 aliphatic rings. The van der Waals surface area contributed by atoms with Crippen molar-refractivity contribution in [1.82, 2.24) is 9.97 Å². The van der Waals surface area contributed by atoms with Gasteiger partial charge in [0.1, 0.15) is 5.69 Å². The molecule has 0 saturated carbocycles. The second-order valence-corrected chi connectivity index (χ2v) is 6.74. The lowest BCUT2D eigenvalue weighted by molar-refractivity contribution is 0.573. The van der Waals surface area contributed by atoms with E-state index in [2.05, 4.69) is 25.5 Å². The summed E-state index contributed by atoms with van der Waals surface area (Å²) in [5.74, 6) is 2.00. The second kappa shape index (κ2) is 11.6. The first-order chi connectivity index (χ1) is 11.7. The first-order valence-corrected chi connectivity index (χ1v) is 8.77. The minimum Gasteiger partial charge on any atom is -0.412 e. The number of nitrogens with one attached hydrogen (secondary N) is 2. The fourth-order valence-electron chi connectivity index (χ4n) is 3.38. The van der Waals surface area contributed by atoms with Crippen LogP contribution >= 0.6 is 48.8 Å². The van der Waals surface area contributed by atoms with Crippen LogP contribution in [-0.2, 0) is 0 Å². The van der Waals surface area contributed by atoms with Gasteiger partial charge in [0.25, 0.3) is 0 Å². The van der Waals surface area contributed by atoms with Gasteiger partial charge in [0, 0.05) is 24.7 Å². The molecule has 0 spiro atoms. The summed E-state index contributed by atoms with van der Waals surface area (Å²) in [5.41, 5.74) is 8.04. The van der Waals surface area contributed by atoms with E-state index in [1.54, 1.807) is 0 Å². The maximum absolute atomic E-state index is 6.00. The lowest BCUT2D eigenvalue weighted by Gasteiger charge is -2.34. The molecule has 1 fully saturated rings. The van der Waals surface area contributed by atoms with Gasteiger partial charge < -0.3 is 26.7 Å². The van der Waals surface area contributed by atoms with Crippen molar-refractivity contribution in [2.24, 2.45) is 0 Å². The van der Waals surface area contributed by atoms with Crippen LogP contribution in [0.3, 0.4) is 0 Å². The SMILES string of the molecule is Cl.Cl.Cl.Nc1nc2c(c(N3CCCCC3)n1)NC(c1ccc(Cl)cc1)CN2.O. The van der Waals surface area contributed by atoms with E-state index in [4.69, 9.17) is 17.3 Å². The number of halogens is 4. The van der Waals surface area contributed by atoms with Crippen molar-refractivity contribution < 1.29 is 5.48 Å². The molecule has 0 aliphatic carbocycles. The molecule has 4 rings (SSSR count). The molecule has 158 valence electrons. The van der Waals surface area contributed by atoms with Crippen molar-refractivity contribution in [2.75, 3.05) is 40.9 Å². The van der Waals surface area contributed by atoms with Crippen molar-refractivity contribution >= 4 is 72.1 Å². The van der Waals surface area contributed by atoms with Gasteiger partial charge in [0.05, 0.1) is 6.04 Å². The Labute approximate surface area is 188 Å². The van der Waals surface area contributed by atoms with Gasteiger partial charge in [0.15, 0.2) is 11.6 Å². The molecule has 1 aromatic carbocycles. The third kappa shape index (κ3) is 5.58. The van der Waals surface area contributed by atoms with E-state index in [-0.39, 0.29) is 48.7 Å². The topological polar surface area (TPSA) is 111 Å². The zero-order chi connectivity index (χ0) is 16.5. The minimum atomic E-state index is 0. The maximum Gasteiger partial charge on any atom is 0.224 e. The van der Waals surface area contributed by atoms with Crippen molar-refractivity contribution in [1.29, 1.82) is 0 Å². The van der Waals surface area contributed by atoms with Gasteiger partial charge in [-0.3, -0.25) is 0 Å². The highest BCUT2D eigenvalue weighted by atomic mass is 35.5. The zero-order valence-electron chi connectivity index (χ0n) is 15.2. The highest BCUT2D eigenvalue weighted by molar-refractivity contribution is 6.30. The predicted molar refractivity (Wildman–Crippen MR) is 124 cm³/mol. The predicted octanol–water partition coefficient (Wildman–Crippen LogP) is 3.72. The molecule has 11 heteroatoms. The molecule has 1 saturated heterocycles. The van der Waals surface area contributed by atoms with Gasteiger partial charge >= 0.3 is 0 Å². The fraction of sp³-hybridized carbons (Fsp3) is 0.412. The van der Waals surface area contributed by atoms with Gasteiger partial charge in [0.2, 0.25) is 5.95 Å². The Morgan fingerprint density at radius 1 is 1.00 bits per heavy atom. The van der Waals surface area contributed by atoms with Gasteiger partial charge in [-0.1, -0.05) is 23.7 Å².